The van der Waals surface area contributed by atoms with E-state index in [0.29, 0.717) is 33.8 Å². The van der Waals surface area contributed by atoms with Crippen molar-refractivity contribution in [1.82, 2.24) is 43.8 Å². The van der Waals surface area contributed by atoms with Gasteiger partial charge >= 0.3 is 10.3 Å². The number of aromatic nitrogens is 8. The van der Waals surface area contributed by atoms with Crippen LogP contribution in [0.5, 0.6) is 11.5 Å². The Morgan fingerprint density at radius 2 is 1.31 bits per heavy atom. The standard InChI is InChI=1S/C49H46F2N10O10S/c1-28-35(69-47(37(28)50)60-26-56-39-42(52-24-53-43(39)60)59-45(62)29-10-6-4-7-11-29)22-58-72(64,65)71-41-36(70-48(38(41)51)61-27-57-40-44(61)54-25-55-46(40)63)23-68-49(30-12-8-5-9-13-30,31-14-18-33(66-2)19-15-31)32-16-20-34(67-3)21-17-32/h4-21,24-28,35-38,41,47-48,58H,22-23H2,1-3H3,(H,54,55,63)(H,52,53,59,62)/t28-,35-,36-,37-,38-,41-,47-,48-/m1/s1. The van der Waals surface area contributed by atoms with Crippen LogP contribution in [0, 0.1) is 5.92 Å². The summed E-state index contributed by atoms with van der Waals surface area (Å²) in [5, 5.41) is 2.71. The van der Waals surface area contributed by atoms with Crippen LogP contribution in [0.3, 0.4) is 0 Å². The number of hydrogen-bond acceptors (Lipinski definition) is 15. The van der Waals surface area contributed by atoms with Gasteiger partial charge in [-0.1, -0.05) is 79.7 Å². The van der Waals surface area contributed by atoms with E-state index < -0.39 is 89.6 Å². The number of H-pyrrole nitrogens is 1. The first-order valence-electron chi connectivity index (χ1n) is 22.6. The molecule has 0 aliphatic carbocycles. The minimum atomic E-state index is -4.90. The SMILES string of the molecule is COc1ccc(C(OC[C@H]2O[C@@H](n3cnc4c(=O)[nH]cnc43)[C@H](F)[C@@H]2OS(=O)(=O)NC[C@H]2O[C@@H](n3cnc4c(NC(=O)c5ccccc5)ncnc43)[C@H](F)[C@@H]2C)(c2ccccc2)c2ccc(OC)cc2)cc1. The lowest BCUT2D eigenvalue weighted by molar-refractivity contribution is -0.0908. The van der Waals surface area contributed by atoms with Crippen molar-refractivity contribution in [3.05, 3.63) is 167 Å². The lowest BCUT2D eigenvalue weighted by Gasteiger charge is -2.37. The molecular weight excluding hydrogens is 959 g/mol. The number of nitrogens with one attached hydrogen (secondary N) is 3. The molecule has 72 heavy (non-hydrogen) atoms. The Balaban J connectivity index is 0.925. The molecule has 0 bridgehead atoms. The van der Waals surface area contributed by atoms with Crippen LogP contribution in [0.4, 0.5) is 14.6 Å². The minimum Gasteiger partial charge on any atom is -0.497 e. The Morgan fingerprint density at radius 1 is 0.736 bits per heavy atom. The Labute approximate surface area is 409 Å². The molecule has 6 heterocycles. The molecule has 20 nitrogen and oxygen atoms in total. The van der Waals surface area contributed by atoms with Crippen molar-refractivity contribution < 1.29 is 49.9 Å². The third-order valence-electron chi connectivity index (χ3n) is 12.8. The van der Waals surface area contributed by atoms with Gasteiger partial charge in [0, 0.05) is 18.0 Å². The van der Waals surface area contributed by atoms with Crippen LogP contribution >= 0.6 is 0 Å². The second kappa shape index (κ2) is 19.9. The molecule has 2 aliphatic rings. The van der Waals surface area contributed by atoms with Crippen LogP contribution in [0.2, 0.25) is 0 Å². The number of anilines is 1. The quantitative estimate of drug-likeness (QED) is 0.0947. The Hall–Kier alpha value is -7.54. The van der Waals surface area contributed by atoms with E-state index >= 15 is 8.78 Å². The highest BCUT2D eigenvalue weighted by Crippen LogP contribution is 2.44. The van der Waals surface area contributed by atoms with Gasteiger partial charge in [0.25, 0.3) is 11.5 Å². The number of hydrogen-bond donors (Lipinski definition) is 3. The van der Waals surface area contributed by atoms with Crippen LogP contribution in [0.1, 0.15) is 46.4 Å². The summed E-state index contributed by atoms with van der Waals surface area (Å²) < 4.78 is 103. The first-order chi connectivity index (χ1) is 34.9. The van der Waals surface area contributed by atoms with Gasteiger partial charge in [0.15, 0.2) is 52.9 Å². The second-order valence-electron chi connectivity index (χ2n) is 17.0. The maximum atomic E-state index is 17.3. The number of methoxy groups -OCH3 is 2. The molecular formula is C49H46F2N10O10S. The predicted molar refractivity (Wildman–Crippen MR) is 255 cm³/mol. The maximum absolute atomic E-state index is 17.3. The molecule has 0 radical (unpaired) electrons. The van der Waals surface area contributed by atoms with E-state index in [-0.39, 0.29) is 28.1 Å². The number of aromatic amines is 1. The molecule has 8 atom stereocenters. The van der Waals surface area contributed by atoms with Gasteiger partial charge in [0.1, 0.15) is 35.6 Å². The highest BCUT2D eigenvalue weighted by atomic mass is 32.2. The largest absolute Gasteiger partial charge is 0.497 e. The first-order valence-corrected chi connectivity index (χ1v) is 24.0. The van der Waals surface area contributed by atoms with Crippen molar-refractivity contribution in [3.63, 3.8) is 0 Å². The summed E-state index contributed by atoms with van der Waals surface area (Å²) in [6, 6.07) is 32.0. The maximum Gasteiger partial charge on any atom is 0.336 e. The third kappa shape index (κ3) is 9.05. The van der Waals surface area contributed by atoms with Gasteiger partial charge in [-0.2, -0.15) is 13.1 Å². The summed E-state index contributed by atoms with van der Waals surface area (Å²) in [4.78, 5) is 49.1. The van der Waals surface area contributed by atoms with E-state index in [2.05, 4.69) is 39.9 Å². The summed E-state index contributed by atoms with van der Waals surface area (Å²) in [7, 11) is -1.82. The molecule has 10 rings (SSSR count). The monoisotopic (exact) mass is 1000 g/mol. The number of carbonyl (C=O) groups excluding carboxylic acids is 1. The van der Waals surface area contributed by atoms with Gasteiger partial charge in [-0.25, -0.2) is 37.9 Å². The highest BCUT2D eigenvalue weighted by Gasteiger charge is 2.52. The average molecular weight is 1010 g/mol. The molecule has 4 aromatic carbocycles. The van der Waals surface area contributed by atoms with Gasteiger partial charge in [-0.05, 0) is 53.1 Å². The summed E-state index contributed by atoms with van der Waals surface area (Å²) in [5.41, 5.74) is 0.435. The fourth-order valence-corrected chi connectivity index (χ4v) is 10.0. The van der Waals surface area contributed by atoms with E-state index in [4.69, 9.17) is 27.9 Å². The van der Waals surface area contributed by atoms with Crippen molar-refractivity contribution in [2.75, 3.05) is 32.7 Å². The lowest BCUT2D eigenvalue weighted by Crippen LogP contribution is -2.44. The molecule has 8 aromatic rings. The van der Waals surface area contributed by atoms with Crippen molar-refractivity contribution in [2.24, 2.45) is 5.92 Å². The van der Waals surface area contributed by atoms with Crippen LogP contribution in [0.25, 0.3) is 22.3 Å². The van der Waals surface area contributed by atoms with Crippen molar-refractivity contribution in [1.29, 1.82) is 0 Å². The Morgan fingerprint density at radius 3 is 1.94 bits per heavy atom. The van der Waals surface area contributed by atoms with Crippen molar-refractivity contribution in [3.8, 4) is 11.5 Å². The number of nitrogens with zero attached hydrogens (tertiary/aromatic N) is 7. The predicted octanol–water partition coefficient (Wildman–Crippen LogP) is 5.56. The number of benzene rings is 4. The van der Waals surface area contributed by atoms with E-state index in [1.807, 2.05) is 54.6 Å². The number of ether oxygens (including phenoxy) is 5. The van der Waals surface area contributed by atoms with Crippen molar-refractivity contribution in [2.45, 2.75) is 55.6 Å². The van der Waals surface area contributed by atoms with E-state index in [0.717, 1.165) is 6.33 Å². The summed E-state index contributed by atoms with van der Waals surface area (Å²) >= 11 is 0. The zero-order valence-electron chi connectivity index (χ0n) is 38.6. The molecule has 0 spiro atoms. The van der Waals surface area contributed by atoms with Crippen molar-refractivity contribution >= 4 is 44.4 Å². The molecule has 2 fully saturated rings. The molecule has 0 unspecified atom stereocenters. The van der Waals surface area contributed by atoms with E-state index in [1.165, 1.54) is 28.1 Å². The number of fused-ring (bicyclic) bond motifs is 2. The first kappa shape index (κ1) is 48.1. The lowest BCUT2D eigenvalue weighted by atomic mass is 9.80. The number of rotatable bonds is 17. The van der Waals surface area contributed by atoms with Crippen LogP contribution in [-0.4, -0.2) is 111 Å². The third-order valence-corrected chi connectivity index (χ3v) is 13.8. The minimum absolute atomic E-state index is 0.0317. The van der Waals surface area contributed by atoms with Crippen LogP contribution in [0.15, 0.2) is 139 Å². The second-order valence-corrected chi connectivity index (χ2v) is 18.4. The topological polar surface area (TPSA) is 238 Å². The fraction of sp³-hybridized carbons (Fsp3) is 0.286. The van der Waals surface area contributed by atoms with Crippen LogP contribution in [-0.2, 0) is 34.3 Å². The number of imidazole rings is 2. The molecule has 23 heteroatoms. The van der Waals surface area contributed by atoms with Gasteiger partial charge in [-0.3, -0.25) is 18.7 Å². The van der Waals surface area contributed by atoms with Gasteiger partial charge in [0.05, 0.1) is 45.9 Å². The highest BCUT2D eigenvalue weighted by molar-refractivity contribution is 7.84. The number of alkyl halides is 2. The molecule has 372 valence electrons. The molecule has 1 amide bonds. The molecule has 3 N–H and O–H groups in total. The number of halogens is 2. The molecule has 2 saturated heterocycles. The fourth-order valence-electron chi connectivity index (χ4n) is 9.06. The summed E-state index contributed by atoms with van der Waals surface area (Å²) in [6.45, 7) is 0.572. The smallest absolute Gasteiger partial charge is 0.336 e. The van der Waals surface area contributed by atoms with Crippen LogP contribution < -0.4 is 25.1 Å². The van der Waals surface area contributed by atoms with Gasteiger partial charge in [0.2, 0.25) is 0 Å². The Kier molecular flexibility index (Phi) is 13.3. The zero-order chi connectivity index (χ0) is 50.1. The zero-order valence-corrected chi connectivity index (χ0v) is 39.4. The van der Waals surface area contributed by atoms with E-state index in [9.17, 15) is 18.0 Å². The van der Waals surface area contributed by atoms with E-state index in [1.54, 1.807) is 75.7 Å². The summed E-state index contributed by atoms with van der Waals surface area (Å²) in [6.07, 6.45) is -6.50. The van der Waals surface area contributed by atoms with Gasteiger partial charge < -0.3 is 34.0 Å². The molecule has 2 aliphatic heterocycles. The molecule has 0 saturated carbocycles. The number of amides is 1. The molecule has 4 aromatic heterocycles. The Bertz CT molecular complexity index is 3320. The normalized spacial score (nSPS) is 22.3. The van der Waals surface area contributed by atoms with Gasteiger partial charge in [-0.15, -0.1) is 0 Å². The average Bonchev–Trinajstić information content (AvgIpc) is 4.18. The number of carbonyl (C=O) groups is 1. The summed E-state index contributed by atoms with van der Waals surface area (Å²) in [5.74, 6) is -0.109.